The average molecular weight is 808 g/mol. The van der Waals surface area contributed by atoms with Crippen LogP contribution in [0.15, 0.2) is 65.6 Å². The third-order valence-electron chi connectivity index (χ3n) is 5.72. The van der Waals surface area contributed by atoms with Gasteiger partial charge in [-0.1, -0.05) is 47.8 Å². The highest BCUT2D eigenvalue weighted by molar-refractivity contribution is 8.67. The van der Waals surface area contributed by atoms with Crippen molar-refractivity contribution in [2.45, 2.75) is 50.6 Å². The van der Waals surface area contributed by atoms with Crippen LogP contribution in [0.25, 0.3) is 0 Å². The second kappa shape index (κ2) is 20.6. The van der Waals surface area contributed by atoms with Crippen LogP contribution < -0.4 is 24.2 Å². The van der Waals surface area contributed by atoms with Crippen LogP contribution in [0.5, 0.6) is 11.8 Å². The SMILES string of the molecule is CC(C)OP(=S)(OC(C)C)SCCNS(=O)(=O)c1ccccc1.COC(=O)c1ccccc1CS(=O)(=O)NC(=O)Nc1nc(OC)cc(OC)n1. The number of rotatable bonds is 17. The molecule has 3 rings (SSSR count). The van der Waals surface area contributed by atoms with Gasteiger partial charge in [0.05, 0.1) is 55.8 Å². The first kappa shape index (κ1) is 43.8. The minimum absolute atomic E-state index is 0.0342. The van der Waals surface area contributed by atoms with E-state index in [4.69, 9.17) is 30.3 Å². The van der Waals surface area contributed by atoms with Gasteiger partial charge in [-0.05, 0) is 63.3 Å². The van der Waals surface area contributed by atoms with E-state index in [1.165, 1.54) is 50.9 Å². The first-order valence-corrected chi connectivity index (χ1v) is 22.4. The second-order valence-electron chi connectivity index (χ2n) is 10.5. The molecule has 0 bridgehead atoms. The molecule has 0 unspecified atom stereocenters. The first-order valence-electron chi connectivity index (χ1n) is 15.0. The monoisotopic (exact) mass is 807 g/mol. The van der Waals surface area contributed by atoms with E-state index in [1.807, 2.05) is 32.4 Å². The number of anilines is 1. The number of nitrogens with one attached hydrogen (secondary N) is 3. The molecular formula is C30H42N5O11PS4. The van der Waals surface area contributed by atoms with Crippen LogP contribution in [0.1, 0.15) is 43.6 Å². The summed E-state index contributed by atoms with van der Waals surface area (Å²) in [5.41, 5.74) is -2.22. The van der Waals surface area contributed by atoms with Gasteiger partial charge in [-0.3, -0.25) is 5.32 Å². The number of aromatic nitrogens is 2. The number of carbonyl (C=O) groups is 2. The van der Waals surface area contributed by atoms with Crippen LogP contribution in [0.3, 0.4) is 0 Å². The molecule has 3 aromatic rings. The van der Waals surface area contributed by atoms with E-state index in [9.17, 15) is 26.4 Å². The summed E-state index contributed by atoms with van der Waals surface area (Å²) in [5.74, 6) is -0.823. The largest absolute Gasteiger partial charge is 0.481 e. The second-order valence-corrected chi connectivity index (χ2v) is 20.4. The Balaban J connectivity index is 0.000000361. The number of hydrogen-bond acceptors (Lipinski definition) is 15. The number of carbonyl (C=O) groups excluding carboxylic acids is 2. The van der Waals surface area contributed by atoms with E-state index >= 15 is 0 Å². The number of sulfonamides is 2. The Kier molecular flexibility index (Phi) is 17.7. The van der Waals surface area contributed by atoms with Crippen LogP contribution in [-0.2, 0) is 51.4 Å². The fourth-order valence-corrected chi connectivity index (χ4v) is 11.7. The van der Waals surface area contributed by atoms with Crippen molar-refractivity contribution in [1.29, 1.82) is 0 Å². The van der Waals surface area contributed by atoms with E-state index in [0.29, 0.717) is 5.75 Å². The van der Waals surface area contributed by atoms with Gasteiger partial charge >= 0.3 is 12.0 Å². The number of amides is 2. The molecule has 0 saturated carbocycles. The normalized spacial score (nSPS) is 11.7. The summed E-state index contributed by atoms with van der Waals surface area (Å²) >= 11 is 6.88. The van der Waals surface area contributed by atoms with Crippen LogP contribution in [0, 0.1) is 0 Å². The minimum Gasteiger partial charge on any atom is -0.481 e. The maximum Gasteiger partial charge on any atom is 0.338 e. The van der Waals surface area contributed by atoms with Crippen LogP contribution in [0.4, 0.5) is 10.7 Å². The number of methoxy groups -OCH3 is 3. The van der Waals surface area contributed by atoms with E-state index in [0.717, 1.165) is 0 Å². The van der Waals surface area contributed by atoms with Crippen molar-refractivity contribution in [3.8, 4) is 11.8 Å². The van der Waals surface area contributed by atoms with Crippen molar-refractivity contribution in [1.82, 2.24) is 19.4 Å². The molecule has 0 atom stereocenters. The third-order valence-corrected chi connectivity index (χ3v) is 13.9. The Morgan fingerprint density at radius 2 is 1.41 bits per heavy atom. The summed E-state index contributed by atoms with van der Waals surface area (Å²) < 4.78 is 79.2. The van der Waals surface area contributed by atoms with Gasteiger partial charge in [-0.2, -0.15) is 9.97 Å². The Morgan fingerprint density at radius 3 is 1.94 bits per heavy atom. The molecule has 3 N–H and O–H groups in total. The average Bonchev–Trinajstić information content (AvgIpc) is 3.05. The molecule has 0 aliphatic carbocycles. The van der Waals surface area contributed by atoms with Crippen molar-refractivity contribution < 1.29 is 49.7 Å². The van der Waals surface area contributed by atoms with E-state index < -0.39 is 43.5 Å². The molecule has 1 heterocycles. The zero-order valence-electron chi connectivity index (χ0n) is 29.0. The van der Waals surface area contributed by atoms with Crippen molar-refractivity contribution in [3.05, 3.63) is 71.8 Å². The van der Waals surface area contributed by atoms with Gasteiger partial charge in [0.2, 0.25) is 43.4 Å². The molecule has 16 nitrogen and oxygen atoms in total. The van der Waals surface area contributed by atoms with Gasteiger partial charge in [0.1, 0.15) is 0 Å². The zero-order valence-corrected chi connectivity index (χ0v) is 33.2. The molecule has 1 aromatic heterocycles. The molecule has 21 heteroatoms. The first-order chi connectivity index (χ1) is 23.9. The lowest BCUT2D eigenvalue weighted by Gasteiger charge is -2.25. The zero-order chi connectivity index (χ0) is 38.2. The molecule has 282 valence electrons. The highest BCUT2D eigenvalue weighted by atomic mass is 32.9. The molecule has 0 aliphatic rings. The van der Waals surface area contributed by atoms with Crippen molar-refractivity contribution in [3.63, 3.8) is 0 Å². The summed E-state index contributed by atoms with van der Waals surface area (Å²) in [6, 6.07) is 14.6. The van der Waals surface area contributed by atoms with Crippen molar-refractivity contribution in [2.24, 2.45) is 0 Å². The quantitative estimate of drug-likeness (QED) is 0.0959. The summed E-state index contributed by atoms with van der Waals surface area (Å²) in [4.78, 5) is 31.8. The van der Waals surface area contributed by atoms with Gasteiger partial charge in [0.15, 0.2) is 0 Å². The summed E-state index contributed by atoms with van der Waals surface area (Å²) in [5, 5.41) is 2.18. The number of nitrogens with zero attached hydrogens (tertiary/aromatic N) is 2. The van der Waals surface area contributed by atoms with Crippen LogP contribution in [0.2, 0.25) is 0 Å². The Hall–Kier alpha value is -3.36. The van der Waals surface area contributed by atoms with E-state index in [-0.39, 0.29) is 52.5 Å². The lowest BCUT2D eigenvalue weighted by atomic mass is 10.1. The number of urea groups is 1. The maximum atomic E-state index is 12.3. The highest BCUT2D eigenvalue weighted by Crippen LogP contribution is 2.62. The Labute approximate surface area is 307 Å². The topological polar surface area (TPSA) is 210 Å². The predicted octanol–water partition coefficient (Wildman–Crippen LogP) is 4.70. The number of ether oxygens (including phenoxy) is 3. The number of esters is 1. The van der Waals surface area contributed by atoms with Crippen LogP contribution in [-0.4, -0.2) is 84.6 Å². The molecule has 0 aliphatic heterocycles. The van der Waals surface area contributed by atoms with Gasteiger partial charge in [0.25, 0.3) is 0 Å². The molecule has 0 fully saturated rings. The molecule has 2 amide bonds. The third kappa shape index (κ3) is 15.8. The van der Waals surface area contributed by atoms with Crippen LogP contribution >= 0.6 is 17.1 Å². The van der Waals surface area contributed by atoms with Crippen molar-refractivity contribution in [2.75, 3.05) is 38.9 Å². The smallest absolute Gasteiger partial charge is 0.338 e. The number of hydrogen-bond donors (Lipinski definition) is 3. The minimum atomic E-state index is -4.14. The summed E-state index contributed by atoms with van der Waals surface area (Å²) in [7, 11) is -3.73. The fourth-order valence-electron chi connectivity index (χ4n) is 3.75. The molecular weight excluding hydrogens is 766 g/mol. The lowest BCUT2D eigenvalue weighted by molar-refractivity contribution is 0.0599. The van der Waals surface area contributed by atoms with E-state index in [1.54, 1.807) is 42.5 Å². The van der Waals surface area contributed by atoms with Gasteiger partial charge < -0.3 is 23.3 Å². The molecule has 0 saturated heterocycles. The summed E-state index contributed by atoms with van der Waals surface area (Å²) in [6.07, 6.45) is -0.0683. The van der Waals surface area contributed by atoms with Gasteiger partial charge in [-0.25, -0.2) is 35.9 Å². The number of benzene rings is 2. The van der Waals surface area contributed by atoms with Gasteiger partial charge in [0, 0.05) is 12.3 Å². The molecule has 0 radical (unpaired) electrons. The predicted molar refractivity (Wildman–Crippen MR) is 199 cm³/mol. The highest BCUT2D eigenvalue weighted by Gasteiger charge is 2.24. The van der Waals surface area contributed by atoms with E-state index in [2.05, 4.69) is 24.7 Å². The molecule has 2 aromatic carbocycles. The summed E-state index contributed by atoms with van der Waals surface area (Å²) in [6.45, 7) is 7.89. The molecule has 0 spiro atoms. The Morgan fingerprint density at radius 1 is 0.863 bits per heavy atom. The Bertz CT molecular complexity index is 1830. The van der Waals surface area contributed by atoms with Crippen molar-refractivity contribution >= 4 is 66.9 Å². The fraction of sp³-hybridized carbons (Fsp3) is 0.400. The molecule has 51 heavy (non-hydrogen) atoms. The maximum absolute atomic E-state index is 12.3. The standard InChI is InChI=1S/C16H18N4O7S.C14H24NO4PS3/c1-25-12-8-13(26-2)18-15(17-12)19-16(22)20-28(23,24)9-10-6-4-5-7-11(10)14(21)27-3;1-12(2)18-20(21,19-13(3)4)22-11-10-15-23(16,17)14-8-6-5-7-9-14/h4-8H,9H2,1-3H3,(H2,17,18,19,20,22);5-9,12-13,15H,10-11H2,1-4H3. The van der Waals surface area contributed by atoms with Gasteiger partial charge in [-0.15, -0.1) is 0 Å². The lowest BCUT2D eigenvalue weighted by Crippen LogP contribution is -2.36.